The number of aliphatic hydroxyl groups excluding tert-OH is 1. The highest BCUT2D eigenvalue weighted by atomic mass is 16.3. The van der Waals surface area contributed by atoms with E-state index in [1.165, 1.54) is 0 Å². The van der Waals surface area contributed by atoms with Gasteiger partial charge in [-0.3, -0.25) is 4.98 Å². The first-order chi connectivity index (χ1) is 10.5. The van der Waals surface area contributed by atoms with E-state index in [1.807, 2.05) is 30.3 Å². The van der Waals surface area contributed by atoms with Crippen LogP contribution >= 0.6 is 0 Å². The SMILES string of the molecule is CC(C)n1c(=O)nc(NC(CCO)c2ccccc2)[nH]c1=O. The topological polar surface area (TPSA) is 100 Å². The van der Waals surface area contributed by atoms with Crippen molar-refractivity contribution >= 4 is 5.95 Å². The van der Waals surface area contributed by atoms with Gasteiger partial charge >= 0.3 is 11.4 Å². The molecule has 22 heavy (non-hydrogen) atoms. The van der Waals surface area contributed by atoms with Crippen molar-refractivity contribution in [3.05, 3.63) is 56.9 Å². The molecule has 1 unspecified atom stereocenters. The normalized spacial score (nSPS) is 12.4. The molecule has 2 aromatic rings. The Morgan fingerprint density at radius 2 is 1.95 bits per heavy atom. The van der Waals surface area contributed by atoms with Crippen LogP contribution in [0.25, 0.3) is 0 Å². The third-order valence-corrected chi connectivity index (χ3v) is 3.30. The number of anilines is 1. The van der Waals surface area contributed by atoms with Gasteiger partial charge in [-0.1, -0.05) is 30.3 Å². The standard InChI is InChI=1S/C15H20N4O3/c1-10(2)19-14(21)17-13(18-15(19)22)16-12(8-9-20)11-6-4-3-5-7-11/h3-7,10,12,20H,8-9H2,1-2H3,(H2,16,17,18,21,22). The van der Waals surface area contributed by atoms with Gasteiger partial charge in [0.1, 0.15) is 0 Å². The van der Waals surface area contributed by atoms with Gasteiger partial charge in [0, 0.05) is 12.6 Å². The lowest BCUT2D eigenvalue weighted by atomic mass is 10.0. The maximum Gasteiger partial charge on any atom is 0.355 e. The molecule has 0 fully saturated rings. The van der Waals surface area contributed by atoms with E-state index in [9.17, 15) is 14.7 Å². The number of aliphatic hydroxyl groups is 1. The van der Waals surface area contributed by atoms with E-state index in [1.54, 1.807) is 13.8 Å². The van der Waals surface area contributed by atoms with Gasteiger partial charge in [0.2, 0.25) is 5.95 Å². The summed E-state index contributed by atoms with van der Waals surface area (Å²) in [4.78, 5) is 30.3. The van der Waals surface area contributed by atoms with Crippen LogP contribution < -0.4 is 16.7 Å². The lowest BCUT2D eigenvalue weighted by molar-refractivity contribution is 0.279. The Bertz CT molecular complexity index is 690. The summed E-state index contributed by atoms with van der Waals surface area (Å²) in [5, 5.41) is 12.2. The molecule has 1 aromatic heterocycles. The summed E-state index contributed by atoms with van der Waals surface area (Å²) < 4.78 is 1.05. The molecular weight excluding hydrogens is 284 g/mol. The number of aromatic amines is 1. The average molecular weight is 304 g/mol. The monoisotopic (exact) mass is 304 g/mol. The van der Waals surface area contributed by atoms with Crippen molar-refractivity contribution in [1.82, 2.24) is 14.5 Å². The van der Waals surface area contributed by atoms with Crippen LogP contribution in [0.15, 0.2) is 39.9 Å². The summed E-state index contributed by atoms with van der Waals surface area (Å²) in [5.74, 6) is 0.106. The van der Waals surface area contributed by atoms with Crippen molar-refractivity contribution in [2.75, 3.05) is 11.9 Å². The number of nitrogens with zero attached hydrogens (tertiary/aromatic N) is 2. The summed E-state index contributed by atoms with van der Waals surface area (Å²) in [5.41, 5.74) is -0.169. The molecular formula is C15H20N4O3. The van der Waals surface area contributed by atoms with Crippen molar-refractivity contribution in [1.29, 1.82) is 0 Å². The zero-order chi connectivity index (χ0) is 16.1. The van der Waals surface area contributed by atoms with Crippen LogP contribution in [0, 0.1) is 0 Å². The van der Waals surface area contributed by atoms with Crippen molar-refractivity contribution in [3.63, 3.8) is 0 Å². The fourth-order valence-electron chi connectivity index (χ4n) is 2.25. The molecule has 0 amide bonds. The van der Waals surface area contributed by atoms with Crippen LogP contribution in [-0.2, 0) is 0 Å². The Morgan fingerprint density at radius 3 is 2.50 bits per heavy atom. The molecule has 0 bridgehead atoms. The third-order valence-electron chi connectivity index (χ3n) is 3.30. The Morgan fingerprint density at radius 1 is 1.27 bits per heavy atom. The number of aromatic nitrogens is 3. The first kappa shape index (κ1) is 16.0. The predicted molar refractivity (Wildman–Crippen MR) is 84.0 cm³/mol. The first-order valence-electron chi connectivity index (χ1n) is 7.18. The molecule has 0 radical (unpaired) electrons. The van der Waals surface area contributed by atoms with E-state index in [-0.39, 0.29) is 24.6 Å². The molecule has 0 saturated carbocycles. The van der Waals surface area contributed by atoms with Gasteiger partial charge in [0.05, 0.1) is 6.04 Å². The number of nitrogens with one attached hydrogen (secondary N) is 2. The van der Waals surface area contributed by atoms with Crippen molar-refractivity contribution in [2.45, 2.75) is 32.4 Å². The quantitative estimate of drug-likeness (QED) is 0.740. The highest BCUT2D eigenvalue weighted by molar-refractivity contribution is 5.30. The maximum atomic E-state index is 12.0. The Kier molecular flexibility index (Phi) is 5.11. The van der Waals surface area contributed by atoms with Crippen LogP contribution in [0.5, 0.6) is 0 Å². The number of H-pyrrole nitrogens is 1. The Hall–Kier alpha value is -2.41. The molecule has 1 aromatic carbocycles. The highest BCUT2D eigenvalue weighted by Gasteiger charge is 2.14. The van der Waals surface area contributed by atoms with Gasteiger partial charge in [0.15, 0.2) is 0 Å². The first-order valence-corrected chi connectivity index (χ1v) is 7.18. The zero-order valence-electron chi connectivity index (χ0n) is 12.6. The van der Waals surface area contributed by atoms with E-state index in [0.29, 0.717) is 6.42 Å². The fraction of sp³-hybridized carbons (Fsp3) is 0.400. The van der Waals surface area contributed by atoms with Crippen molar-refractivity contribution < 1.29 is 5.11 Å². The predicted octanol–water partition coefficient (Wildman–Crippen LogP) is 1.05. The van der Waals surface area contributed by atoms with Crippen LogP contribution in [-0.4, -0.2) is 26.2 Å². The summed E-state index contributed by atoms with van der Waals surface area (Å²) in [6.07, 6.45) is 0.432. The lowest BCUT2D eigenvalue weighted by Crippen LogP contribution is -2.39. The molecule has 7 nitrogen and oxygen atoms in total. The van der Waals surface area contributed by atoms with E-state index in [2.05, 4.69) is 15.3 Å². The molecule has 1 atom stereocenters. The van der Waals surface area contributed by atoms with Gasteiger partial charge in [-0.2, -0.15) is 4.98 Å². The van der Waals surface area contributed by atoms with Crippen LogP contribution in [0.2, 0.25) is 0 Å². The zero-order valence-corrected chi connectivity index (χ0v) is 12.6. The van der Waals surface area contributed by atoms with E-state index in [4.69, 9.17) is 0 Å². The number of rotatable bonds is 6. The summed E-state index contributed by atoms with van der Waals surface area (Å²) >= 11 is 0. The minimum Gasteiger partial charge on any atom is -0.396 e. The van der Waals surface area contributed by atoms with Gasteiger partial charge in [0.25, 0.3) is 0 Å². The largest absolute Gasteiger partial charge is 0.396 e. The fourth-order valence-corrected chi connectivity index (χ4v) is 2.25. The molecule has 1 heterocycles. The minimum atomic E-state index is -0.600. The molecule has 0 aliphatic carbocycles. The second kappa shape index (κ2) is 7.04. The molecule has 3 N–H and O–H groups in total. The molecule has 2 rings (SSSR count). The maximum absolute atomic E-state index is 12.0. The van der Waals surface area contributed by atoms with Gasteiger partial charge in [-0.25, -0.2) is 14.2 Å². The second-order valence-electron chi connectivity index (χ2n) is 5.26. The van der Waals surface area contributed by atoms with Gasteiger partial charge < -0.3 is 10.4 Å². The van der Waals surface area contributed by atoms with Crippen molar-refractivity contribution in [3.8, 4) is 0 Å². The summed E-state index contributed by atoms with van der Waals surface area (Å²) in [7, 11) is 0. The van der Waals surface area contributed by atoms with Crippen LogP contribution in [0.3, 0.4) is 0 Å². The third kappa shape index (κ3) is 3.62. The Balaban J connectivity index is 2.32. The summed E-state index contributed by atoms with van der Waals surface area (Å²) in [6, 6.07) is 8.96. The van der Waals surface area contributed by atoms with E-state index >= 15 is 0 Å². The van der Waals surface area contributed by atoms with Gasteiger partial charge in [-0.15, -0.1) is 0 Å². The molecule has 0 aliphatic heterocycles. The minimum absolute atomic E-state index is 0.0279. The smallest absolute Gasteiger partial charge is 0.355 e. The Labute approximate surface area is 127 Å². The molecule has 0 aliphatic rings. The van der Waals surface area contributed by atoms with Gasteiger partial charge in [-0.05, 0) is 25.8 Å². The van der Waals surface area contributed by atoms with Crippen LogP contribution in [0.1, 0.15) is 37.9 Å². The van der Waals surface area contributed by atoms with Crippen molar-refractivity contribution in [2.24, 2.45) is 0 Å². The molecule has 7 heteroatoms. The molecule has 118 valence electrons. The summed E-state index contributed by atoms with van der Waals surface area (Å²) in [6.45, 7) is 3.45. The molecule has 0 spiro atoms. The van der Waals surface area contributed by atoms with Crippen LogP contribution in [0.4, 0.5) is 5.95 Å². The number of benzene rings is 1. The number of hydrogen-bond donors (Lipinski definition) is 3. The van der Waals surface area contributed by atoms with E-state index in [0.717, 1.165) is 10.1 Å². The average Bonchev–Trinajstić information content (AvgIpc) is 2.46. The molecule has 0 saturated heterocycles. The highest BCUT2D eigenvalue weighted by Crippen LogP contribution is 2.19. The number of hydrogen-bond acceptors (Lipinski definition) is 5. The van der Waals surface area contributed by atoms with E-state index < -0.39 is 11.4 Å². The second-order valence-corrected chi connectivity index (χ2v) is 5.26. The lowest BCUT2D eigenvalue weighted by Gasteiger charge is -2.18.